The van der Waals surface area contributed by atoms with E-state index in [9.17, 15) is 14.4 Å². The summed E-state index contributed by atoms with van der Waals surface area (Å²) in [6, 6.07) is 9.53. The van der Waals surface area contributed by atoms with Crippen LogP contribution in [0.3, 0.4) is 0 Å². The summed E-state index contributed by atoms with van der Waals surface area (Å²) in [4.78, 5) is 41.1. The molecule has 7 nitrogen and oxygen atoms in total. The number of imidazole rings is 1. The lowest BCUT2D eigenvalue weighted by atomic mass is 9.97. The van der Waals surface area contributed by atoms with Gasteiger partial charge in [-0.3, -0.25) is 14.2 Å². The number of carbonyl (C=O) groups excluding carboxylic acids is 2. The minimum atomic E-state index is -0.307. The molecule has 26 heavy (non-hydrogen) atoms. The van der Waals surface area contributed by atoms with Crippen LogP contribution in [-0.4, -0.2) is 46.0 Å². The van der Waals surface area contributed by atoms with Gasteiger partial charge >= 0.3 is 11.7 Å². The number of hydrogen-bond acceptors (Lipinski definition) is 4. The number of nitrogens with zero attached hydrogens (tertiary/aromatic N) is 2. The molecular weight excluding hydrogens is 334 g/mol. The van der Waals surface area contributed by atoms with Crippen LogP contribution in [0.1, 0.15) is 35.8 Å². The molecular formula is C19H23N3O4. The zero-order valence-corrected chi connectivity index (χ0v) is 14.8. The molecule has 1 aliphatic rings. The van der Waals surface area contributed by atoms with Crippen molar-refractivity contribution in [1.82, 2.24) is 14.5 Å². The Morgan fingerprint density at radius 2 is 1.88 bits per heavy atom. The molecule has 0 saturated carbocycles. The van der Waals surface area contributed by atoms with Crippen LogP contribution in [-0.2, 0) is 16.1 Å². The van der Waals surface area contributed by atoms with Crippen LogP contribution >= 0.6 is 0 Å². The maximum absolute atomic E-state index is 12.9. The molecule has 2 aromatic rings. The number of ether oxygens (including phenoxy) is 1. The first-order valence-electron chi connectivity index (χ1n) is 8.88. The first-order chi connectivity index (χ1) is 12.6. The van der Waals surface area contributed by atoms with E-state index in [0.29, 0.717) is 44.8 Å². The molecule has 1 saturated heterocycles. The Balaban J connectivity index is 1.70. The van der Waals surface area contributed by atoms with Gasteiger partial charge in [0.2, 0.25) is 0 Å². The van der Waals surface area contributed by atoms with Crippen LogP contribution in [0.25, 0.3) is 0 Å². The summed E-state index contributed by atoms with van der Waals surface area (Å²) in [6.07, 6.45) is 2.63. The molecule has 138 valence electrons. The summed E-state index contributed by atoms with van der Waals surface area (Å²) in [5, 5.41) is 0. The largest absolute Gasteiger partial charge is 0.466 e. The number of esters is 1. The van der Waals surface area contributed by atoms with E-state index in [4.69, 9.17) is 4.74 Å². The highest BCUT2D eigenvalue weighted by Crippen LogP contribution is 2.20. The number of aromatic amines is 1. The second-order valence-electron chi connectivity index (χ2n) is 6.37. The number of benzene rings is 1. The van der Waals surface area contributed by atoms with Crippen molar-refractivity contribution in [2.24, 2.45) is 5.92 Å². The van der Waals surface area contributed by atoms with E-state index >= 15 is 0 Å². The molecule has 1 N–H and O–H groups in total. The Labute approximate surface area is 151 Å². The fourth-order valence-corrected chi connectivity index (χ4v) is 3.24. The van der Waals surface area contributed by atoms with Crippen molar-refractivity contribution in [3.63, 3.8) is 0 Å². The van der Waals surface area contributed by atoms with Crippen molar-refractivity contribution in [2.75, 3.05) is 19.7 Å². The summed E-state index contributed by atoms with van der Waals surface area (Å²) in [5.41, 5.74) is 0.983. The summed E-state index contributed by atoms with van der Waals surface area (Å²) >= 11 is 0. The fraction of sp³-hybridized carbons (Fsp3) is 0.421. The summed E-state index contributed by atoms with van der Waals surface area (Å²) in [6.45, 7) is 3.45. The summed E-state index contributed by atoms with van der Waals surface area (Å²) < 4.78 is 6.51. The molecule has 0 radical (unpaired) electrons. The number of rotatable bonds is 5. The zero-order valence-electron chi connectivity index (χ0n) is 14.8. The van der Waals surface area contributed by atoms with Crippen LogP contribution in [0, 0.1) is 5.92 Å². The Bertz CT molecular complexity index is 817. The fourth-order valence-electron chi connectivity index (χ4n) is 3.24. The molecule has 1 aromatic heterocycles. The van der Waals surface area contributed by atoms with Gasteiger partial charge in [-0.25, -0.2) is 4.79 Å². The number of likely N-dealkylation sites (tertiary alicyclic amines) is 1. The van der Waals surface area contributed by atoms with Gasteiger partial charge in [0.05, 0.1) is 19.1 Å². The van der Waals surface area contributed by atoms with Gasteiger partial charge in [0, 0.05) is 19.3 Å². The third-order valence-corrected chi connectivity index (χ3v) is 4.67. The van der Waals surface area contributed by atoms with E-state index < -0.39 is 0 Å². The lowest BCUT2D eigenvalue weighted by Crippen LogP contribution is -2.41. The van der Waals surface area contributed by atoms with Crippen molar-refractivity contribution >= 4 is 11.9 Å². The third-order valence-electron chi connectivity index (χ3n) is 4.67. The van der Waals surface area contributed by atoms with Crippen LogP contribution in [0.15, 0.2) is 41.3 Å². The lowest BCUT2D eigenvalue weighted by Gasteiger charge is -2.30. The monoisotopic (exact) mass is 357 g/mol. The quantitative estimate of drug-likeness (QED) is 0.825. The van der Waals surface area contributed by atoms with Gasteiger partial charge < -0.3 is 14.6 Å². The molecule has 3 rings (SSSR count). The predicted molar refractivity (Wildman–Crippen MR) is 95.9 cm³/mol. The molecule has 7 heteroatoms. The number of hydrogen-bond donors (Lipinski definition) is 1. The Morgan fingerprint density at radius 1 is 1.19 bits per heavy atom. The van der Waals surface area contributed by atoms with Crippen LogP contribution < -0.4 is 5.69 Å². The number of nitrogens with one attached hydrogen (secondary N) is 1. The maximum atomic E-state index is 12.9. The van der Waals surface area contributed by atoms with Gasteiger partial charge in [0.15, 0.2) is 0 Å². The van der Waals surface area contributed by atoms with Crippen molar-refractivity contribution in [2.45, 2.75) is 26.3 Å². The number of aromatic nitrogens is 2. The first-order valence-corrected chi connectivity index (χ1v) is 8.88. The number of H-pyrrole nitrogens is 1. The SMILES string of the molecule is CCOC(=O)C1CCN(C(=O)c2c[nH]c(=O)n2Cc2ccccc2)CC1. The third kappa shape index (κ3) is 3.87. The van der Waals surface area contributed by atoms with Gasteiger partial charge in [0.25, 0.3) is 5.91 Å². The minimum Gasteiger partial charge on any atom is -0.466 e. The smallest absolute Gasteiger partial charge is 0.326 e. The van der Waals surface area contributed by atoms with Gasteiger partial charge in [0.1, 0.15) is 5.69 Å². The molecule has 1 aromatic carbocycles. The van der Waals surface area contributed by atoms with E-state index in [1.807, 2.05) is 30.3 Å². The van der Waals surface area contributed by atoms with Gasteiger partial charge in [-0.2, -0.15) is 0 Å². The van der Waals surface area contributed by atoms with E-state index in [1.165, 1.54) is 10.8 Å². The average Bonchev–Trinajstić information content (AvgIpc) is 3.03. The van der Waals surface area contributed by atoms with Crippen molar-refractivity contribution in [1.29, 1.82) is 0 Å². The normalized spacial score (nSPS) is 15.0. The maximum Gasteiger partial charge on any atom is 0.326 e. The second kappa shape index (κ2) is 8.03. The predicted octanol–water partition coefficient (Wildman–Crippen LogP) is 1.64. The highest BCUT2D eigenvalue weighted by Gasteiger charge is 2.30. The number of amides is 1. The van der Waals surface area contributed by atoms with Gasteiger partial charge in [-0.1, -0.05) is 30.3 Å². The van der Waals surface area contributed by atoms with E-state index in [-0.39, 0.29) is 23.5 Å². The number of piperidine rings is 1. The highest BCUT2D eigenvalue weighted by atomic mass is 16.5. The molecule has 1 fully saturated rings. The molecule has 0 aliphatic carbocycles. The van der Waals surface area contributed by atoms with E-state index in [0.717, 1.165) is 5.56 Å². The minimum absolute atomic E-state index is 0.156. The van der Waals surface area contributed by atoms with Gasteiger partial charge in [-0.05, 0) is 25.3 Å². The van der Waals surface area contributed by atoms with Crippen LogP contribution in [0.4, 0.5) is 0 Å². The molecule has 1 amide bonds. The molecule has 0 bridgehead atoms. The topological polar surface area (TPSA) is 84.4 Å². The van der Waals surface area contributed by atoms with Crippen LogP contribution in [0.2, 0.25) is 0 Å². The second-order valence-corrected chi connectivity index (χ2v) is 6.37. The molecule has 0 spiro atoms. The molecule has 0 atom stereocenters. The average molecular weight is 357 g/mol. The lowest BCUT2D eigenvalue weighted by molar-refractivity contribution is -0.149. The van der Waals surface area contributed by atoms with Crippen molar-refractivity contribution < 1.29 is 14.3 Å². The van der Waals surface area contributed by atoms with Crippen molar-refractivity contribution in [3.05, 3.63) is 58.3 Å². The van der Waals surface area contributed by atoms with E-state index in [2.05, 4.69) is 4.98 Å². The Morgan fingerprint density at radius 3 is 2.54 bits per heavy atom. The first kappa shape index (κ1) is 18.0. The number of carbonyl (C=O) groups is 2. The Kier molecular flexibility index (Phi) is 5.55. The standard InChI is InChI=1S/C19H23N3O4/c1-2-26-18(24)15-8-10-21(11-9-15)17(23)16-12-20-19(25)22(16)13-14-6-4-3-5-7-14/h3-7,12,15H,2,8-11,13H2,1H3,(H,20,25). The highest BCUT2D eigenvalue weighted by molar-refractivity contribution is 5.92. The van der Waals surface area contributed by atoms with Crippen LogP contribution in [0.5, 0.6) is 0 Å². The molecule has 2 heterocycles. The van der Waals surface area contributed by atoms with Crippen molar-refractivity contribution in [3.8, 4) is 0 Å². The van der Waals surface area contributed by atoms with E-state index in [1.54, 1.807) is 11.8 Å². The summed E-state index contributed by atoms with van der Waals surface area (Å²) in [7, 11) is 0. The zero-order chi connectivity index (χ0) is 18.5. The summed E-state index contributed by atoms with van der Waals surface area (Å²) in [5.74, 6) is -0.541. The van der Waals surface area contributed by atoms with Gasteiger partial charge in [-0.15, -0.1) is 0 Å². The Hall–Kier alpha value is -2.83. The molecule has 1 aliphatic heterocycles. The molecule has 0 unspecified atom stereocenters.